The molecule has 0 aromatic heterocycles. The summed E-state index contributed by atoms with van der Waals surface area (Å²) in [5.74, 6) is -0.227. The molecular weight excluding hydrogens is 243 g/mol. The first kappa shape index (κ1) is 15.9. The third-order valence-corrected chi connectivity index (χ3v) is 3.23. The van der Waals surface area contributed by atoms with E-state index in [4.69, 9.17) is 0 Å². The van der Waals surface area contributed by atoms with Gasteiger partial charge in [0.05, 0.1) is 6.61 Å². The van der Waals surface area contributed by atoms with Crippen LogP contribution >= 0.6 is 0 Å². The number of aliphatic hydroxyl groups is 1. The zero-order valence-electron chi connectivity index (χ0n) is 12.3. The molecule has 2 N–H and O–H groups in total. The van der Waals surface area contributed by atoms with Crippen molar-refractivity contribution < 1.29 is 9.50 Å². The molecule has 0 aliphatic rings. The summed E-state index contributed by atoms with van der Waals surface area (Å²) < 4.78 is 13.2. The second-order valence-electron chi connectivity index (χ2n) is 5.67. The van der Waals surface area contributed by atoms with Crippen LogP contribution < -0.4 is 10.2 Å². The Bertz CT molecular complexity index is 397. The fraction of sp³-hybridized carbons (Fsp3) is 0.600. The quantitative estimate of drug-likeness (QED) is 0.797. The number of hydrogen-bond acceptors (Lipinski definition) is 3. The summed E-state index contributed by atoms with van der Waals surface area (Å²) in [6.45, 7) is 6.96. The molecule has 0 saturated carbocycles. The molecule has 1 atom stereocenters. The standard InChI is InChI=1S/C15H25FN2O/c1-12(2)17-15(3,11-19)8-9-18(4)14-7-5-6-13(16)10-14/h5-7,10,12,17,19H,8-9,11H2,1-4H3. The molecule has 0 heterocycles. The molecule has 0 fully saturated rings. The molecule has 1 unspecified atom stereocenters. The smallest absolute Gasteiger partial charge is 0.125 e. The van der Waals surface area contributed by atoms with Crippen molar-refractivity contribution in [3.05, 3.63) is 30.1 Å². The maximum atomic E-state index is 13.2. The van der Waals surface area contributed by atoms with Crippen LogP contribution in [0.5, 0.6) is 0 Å². The molecule has 0 amide bonds. The minimum atomic E-state index is -0.310. The van der Waals surface area contributed by atoms with Gasteiger partial charge in [0.15, 0.2) is 0 Å². The lowest BCUT2D eigenvalue weighted by Crippen LogP contribution is -2.50. The van der Waals surface area contributed by atoms with E-state index in [0.717, 1.165) is 18.7 Å². The van der Waals surface area contributed by atoms with Crippen molar-refractivity contribution in [2.45, 2.75) is 38.8 Å². The first-order valence-electron chi connectivity index (χ1n) is 6.71. The van der Waals surface area contributed by atoms with E-state index in [0.29, 0.717) is 6.04 Å². The molecule has 19 heavy (non-hydrogen) atoms. The Morgan fingerprint density at radius 2 is 2.11 bits per heavy atom. The van der Waals surface area contributed by atoms with Crippen molar-refractivity contribution >= 4 is 5.69 Å². The van der Waals surface area contributed by atoms with E-state index in [9.17, 15) is 9.50 Å². The van der Waals surface area contributed by atoms with Crippen LogP contribution in [0.4, 0.5) is 10.1 Å². The minimum absolute atomic E-state index is 0.0855. The number of anilines is 1. The van der Waals surface area contributed by atoms with Crippen molar-refractivity contribution in [2.75, 3.05) is 25.1 Å². The van der Waals surface area contributed by atoms with Gasteiger partial charge in [-0.05, 0) is 31.5 Å². The average molecular weight is 268 g/mol. The van der Waals surface area contributed by atoms with Gasteiger partial charge in [-0.25, -0.2) is 4.39 Å². The Balaban J connectivity index is 2.59. The van der Waals surface area contributed by atoms with Crippen LogP contribution in [-0.2, 0) is 0 Å². The molecule has 3 nitrogen and oxygen atoms in total. The maximum Gasteiger partial charge on any atom is 0.125 e. The molecule has 1 aromatic rings. The fourth-order valence-electron chi connectivity index (χ4n) is 2.15. The van der Waals surface area contributed by atoms with Crippen LogP contribution in [0.15, 0.2) is 24.3 Å². The highest BCUT2D eigenvalue weighted by molar-refractivity contribution is 5.45. The molecule has 0 saturated heterocycles. The molecule has 4 heteroatoms. The first-order chi connectivity index (χ1) is 8.86. The summed E-state index contributed by atoms with van der Waals surface area (Å²) in [5, 5.41) is 12.9. The summed E-state index contributed by atoms with van der Waals surface area (Å²) in [6.07, 6.45) is 0.786. The molecule has 0 spiro atoms. The molecule has 1 aromatic carbocycles. The topological polar surface area (TPSA) is 35.5 Å². The van der Waals surface area contributed by atoms with E-state index in [1.165, 1.54) is 12.1 Å². The molecule has 0 radical (unpaired) electrons. The summed E-state index contributed by atoms with van der Waals surface area (Å²) >= 11 is 0. The molecular formula is C15H25FN2O. The third-order valence-electron chi connectivity index (χ3n) is 3.23. The predicted octanol–water partition coefficient (Wildman–Crippen LogP) is 2.40. The number of rotatable bonds is 7. The maximum absolute atomic E-state index is 13.2. The van der Waals surface area contributed by atoms with Crippen LogP contribution in [0.3, 0.4) is 0 Å². The van der Waals surface area contributed by atoms with Gasteiger partial charge in [0.2, 0.25) is 0 Å². The number of nitrogens with zero attached hydrogens (tertiary/aromatic N) is 1. The van der Waals surface area contributed by atoms with E-state index in [1.807, 2.05) is 24.9 Å². The van der Waals surface area contributed by atoms with Gasteiger partial charge in [-0.3, -0.25) is 0 Å². The number of hydrogen-bond donors (Lipinski definition) is 2. The van der Waals surface area contributed by atoms with Gasteiger partial charge in [-0.1, -0.05) is 19.9 Å². The Morgan fingerprint density at radius 3 is 2.63 bits per heavy atom. The van der Waals surface area contributed by atoms with Crippen molar-refractivity contribution in [3.63, 3.8) is 0 Å². The Morgan fingerprint density at radius 1 is 1.42 bits per heavy atom. The van der Waals surface area contributed by atoms with Crippen molar-refractivity contribution in [2.24, 2.45) is 0 Å². The minimum Gasteiger partial charge on any atom is -0.394 e. The highest BCUT2D eigenvalue weighted by Crippen LogP contribution is 2.17. The van der Waals surface area contributed by atoms with Gasteiger partial charge in [0.25, 0.3) is 0 Å². The second-order valence-corrected chi connectivity index (χ2v) is 5.67. The van der Waals surface area contributed by atoms with Crippen LogP contribution in [0.2, 0.25) is 0 Å². The molecule has 0 bridgehead atoms. The number of benzene rings is 1. The van der Waals surface area contributed by atoms with Crippen LogP contribution in [0, 0.1) is 5.82 Å². The highest BCUT2D eigenvalue weighted by atomic mass is 19.1. The Labute approximate surface area is 115 Å². The third kappa shape index (κ3) is 5.17. The average Bonchev–Trinajstić information content (AvgIpc) is 2.35. The molecule has 1 rings (SSSR count). The van der Waals surface area contributed by atoms with Gasteiger partial charge in [-0.2, -0.15) is 0 Å². The van der Waals surface area contributed by atoms with Crippen LogP contribution in [-0.4, -0.2) is 36.9 Å². The summed E-state index contributed by atoms with van der Waals surface area (Å²) in [7, 11) is 1.93. The summed E-state index contributed by atoms with van der Waals surface area (Å²) in [5.41, 5.74) is 0.542. The van der Waals surface area contributed by atoms with Gasteiger partial charge in [0.1, 0.15) is 5.82 Å². The summed E-state index contributed by atoms with van der Waals surface area (Å²) in [6, 6.07) is 6.87. The predicted molar refractivity (Wildman–Crippen MR) is 78.0 cm³/mol. The van der Waals surface area contributed by atoms with Gasteiger partial charge >= 0.3 is 0 Å². The van der Waals surface area contributed by atoms with E-state index >= 15 is 0 Å². The Kier molecular flexibility index (Phi) is 5.76. The zero-order valence-corrected chi connectivity index (χ0v) is 12.3. The Hall–Kier alpha value is -1.13. The van der Waals surface area contributed by atoms with Crippen LogP contribution in [0.25, 0.3) is 0 Å². The monoisotopic (exact) mass is 268 g/mol. The lowest BCUT2D eigenvalue weighted by molar-refractivity contribution is 0.158. The second kappa shape index (κ2) is 6.87. The van der Waals surface area contributed by atoms with Crippen molar-refractivity contribution in [1.29, 1.82) is 0 Å². The normalized spacial score (nSPS) is 14.5. The van der Waals surface area contributed by atoms with Gasteiger partial charge in [-0.15, -0.1) is 0 Å². The zero-order chi connectivity index (χ0) is 14.5. The SMILES string of the molecule is CC(C)NC(C)(CO)CCN(C)c1cccc(F)c1. The number of nitrogens with one attached hydrogen (secondary N) is 1. The lowest BCUT2D eigenvalue weighted by Gasteiger charge is -2.33. The number of halogens is 1. The van der Waals surface area contributed by atoms with Gasteiger partial charge < -0.3 is 15.3 Å². The van der Waals surface area contributed by atoms with E-state index in [1.54, 1.807) is 6.07 Å². The largest absolute Gasteiger partial charge is 0.394 e. The fourth-order valence-corrected chi connectivity index (χ4v) is 2.15. The molecule has 0 aliphatic heterocycles. The van der Waals surface area contributed by atoms with Crippen LogP contribution in [0.1, 0.15) is 27.2 Å². The van der Waals surface area contributed by atoms with E-state index < -0.39 is 0 Å². The summed E-state index contributed by atoms with van der Waals surface area (Å²) in [4.78, 5) is 2.00. The lowest BCUT2D eigenvalue weighted by atomic mass is 9.97. The highest BCUT2D eigenvalue weighted by Gasteiger charge is 2.24. The van der Waals surface area contributed by atoms with Gasteiger partial charge in [0, 0.05) is 30.9 Å². The molecule has 108 valence electrons. The molecule has 0 aliphatic carbocycles. The first-order valence-corrected chi connectivity index (χ1v) is 6.71. The van der Waals surface area contributed by atoms with Crippen molar-refractivity contribution in [1.82, 2.24) is 5.32 Å². The van der Waals surface area contributed by atoms with E-state index in [-0.39, 0.29) is 18.0 Å². The number of aliphatic hydroxyl groups excluding tert-OH is 1. The van der Waals surface area contributed by atoms with Crippen molar-refractivity contribution in [3.8, 4) is 0 Å². The van der Waals surface area contributed by atoms with E-state index in [2.05, 4.69) is 19.2 Å².